The highest BCUT2D eigenvalue weighted by molar-refractivity contribution is 7.18. The predicted octanol–water partition coefficient (Wildman–Crippen LogP) is 3.97. The average molecular weight is 452 g/mol. The van der Waals surface area contributed by atoms with Crippen LogP contribution in [-0.4, -0.2) is 44.4 Å². The van der Waals surface area contributed by atoms with Crippen LogP contribution in [0, 0.1) is 24.0 Å². The minimum atomic E-state index is -0.672. The summed E-state index contributed by atoms with van der Waals surface area (Å²) >= 11 is 1.26. The van der Waals surface area contributed by atoms with Crippen molar-refractivity contribution >= 4 is 34.0 Å². The summed E-state index contributed by atoms with van der Waals surface area (Å²) in [5, 5.41) is 23.2. The largest absolute Gasteiger partial charge is 0.327 e. The summed E-state index contributed by atoms with van der Waals surface area (Å²) < 4.78 is 0. The topological polar surface area (TPSA) is 118 Å². The van der Waals surface area contributed by atoms with E-state index in [2.05, 4.69) is 15.5 Å². The zero-order valence-corrected chi connectivity index (χ0v) is 18.4. The number of aryl methyl sites for hydroxylation is 2. The molecule has 164 valence electrons. The van der Waals surface area contributed by atoms with Crippen molar-refractivity contribution in [3.8, 4) is 10.6 Å². The molecule has 32 heavy (non-hydrogen) atoms. The highest BCUT2D eigenvalue weighted by atomic mass is 32.1. The van der Waals surface area contributed by atoms with Crippen molar-refractivity contribution in [2.45, 2.75) is 32.7 Å². The van der Waals surface area contributed by atoms with E-state index in [0.29, 0.717) is 35.1 Å². The molecule has 1 aromatic heterocycles. The monoisotopic (exact) mass is 451 g/mol. The number of carbonyl (C=O) groups is 2. The van der Waals surface area contributed by atoms with Gasteiger partial charge in [0.1, 0.15) is 11.0 Å². The Morgan fingerprint density at radius 3 is 2.62 bits per heavy atom. The molecule has 0 spiro atoms. The van der Waals surface area contributed by atoms with Crippen LogP contribution in [0.5, 0.6) is 0 Å². The fraction of sp³-hybridized carbons (Fsp3) is 0.273. The quantitative estimate of drug-likeness (QED) is 0.463. The van der Waals surface area contributed by atoms with Crippen LogP contribution >= 0.6 is 11.3 Å². The molecule has 1 saturated heterocycles. The number of nitrogens with zero attached hydrogens (tertiary/aromatic N) is 4. The van der Waals surface area contributed by atoms with Crippen LogP contribution in [0.3, 0.4) is 0 Å². The van der Waals surface area contributed by atoms with Crippen molar-refractivity contribution in [1.29, 1.82) is 0 Å². The van der Waals surface area contributed by atoms with Gasteiger partial charge in [-0.25, -0.2) is 0 Å². The summed E-state index contributed by atoms with van der Waals surface area (Å²) in [6.45, 7) is 4.02. The molecule has 3 aromatic rings. The fourth-order valence-corrected chi connectivity index (χ4v) is 4.41. The van der Waals surface area contributed by atoms with Crippen molar-refractivity contribution in [1.82, 2.24) is 15.1 Å². The molecule has 1 unspecified atom stereocenters. The van der Waals surface area contributed by atoms with Crippen molar-refractivity contribution in [2.75, 3.05) is 11.9 Å². The van der Waals surface area contributed by atoms with Gasteiger partial charge in [-0.15, -0.1) is 10.2 Å². The van der Waals surface area contributed by atoms with Crippen LogP contribution in [0.2, 0.25) is 0 Å². The molecule has 1 N–H and O–H groups in total. The predicted molar refractivity (Wildman–Crippen MR) is 121 cm³/mol. The lowest BCUT2D eigenvalue weighted by Crippen LogP contribution is -2.43. The molecule has 0 aliphatic carbocycles. The third-order valence-corrected chi connectivity index (χ3v) is 6.31. The number of aromatic nitrogens is 2. The van der Waals surface area contributed by atoms with Gasteiger partial charge in [0.2, 0.25) is 11.0 Å². The summed E-state index contributed by atoms with van der Waals surface area (Å²) in [5.74, 6) is -0.743. The first-order chi connectivity index (χ1) is 15.3. The molecule has 1 fully saturated rings. The molecule has 2 amide bonds. The van der Waals surface area contributed by atoms with Crippen molar-refractivity contribution in [3.05, 3.63) is 69.3 Å². The Balaban J connectivity index is 1.48. The van der Waals surface area contributed by atoms with E-state index in [-0.39, 0.29) is 17.2 Å². The number of likely N-dealkylation sites (tertiary alicyclic amines) is 1. The fourth-order valence-electron chi connectivity index (χ4n) is 3.66. The molecule has 1 atom stereocenters. The normalized spacial score (nSPS) is 15.6. The Bertz CT molecular complexity index is 1190. The molecule has 2 heterocycles. The lowest BCUT2D eigenvalue weighted by Gasteiger charge is -2.23. The molecule has 0 saturated carbocycles. The smallest absolute Gasteiger partial charge is 0.273 e. The maximum atomic E-state index is 13.0. The number of carbonyl (C=O) groups excluding carboxylic acids is 2. The maximum Gasteiger partial charge on any atom is 0.273 e. The lowest BCUT2D eigenvalue weighted by atomic mass is 10.1. The van der Waals surface area contributed by atoms with Gasteiger partial charge in [0.15, 0.2) is 0 Å². The van der Waals surface area contributed by atoms with Crippen LogP contribution in [0.25, 0.3) is 10.6 Å². The second-order valence-electron chi connectivity index (χ2n) is 7.68. The van der Waals surface area contributed by atoms with Gasteiger partial charge in [-0.2, -0.15) is 0 Å². The number of nitrogens with one attached hydrogen (secondary N) is 1. The number of benzene rings is 2. The van der Waals surface area contributed by atoms with E-state index in [1.165, 1.54) is 22.3 Å². The first-order valence-electron chi connectivity index (χ1n) is 10.1. The standard InChI is InChI=1S/C22H21N5O4S/c1-13-5-8-15(9-6-13)20-24-25-22(32-20)23-19(28)17-4-3-11-26(17)21(29)16-10-7-14(2)18(12-16)27(30)31/h5-10,12,17H,3-4,11H2,1-2H3,(H,23,25,28). The van der Waals surface area contributed by atoms with Gasteiger partial charge in [0.25, 0.3) is 11.6 Å². The number of hydrogen-bond acceptors (Lipinski definition) is 7. The molecule has 4 rings (SSSR count). The lowest BCUT2D eigenvalue weighted by molar-refractivity contribution is -0.385. The van der Waals surface area contributed by atoms with Gasteiger partial charge in [0.05, 0.1) is 4.92 Å². The van der Waals surface area contributed by atoms with Crippen LogP contribution in [0.1, 0.15) is 34.3 Å². The Morgan fingerprint density at radius 2 is 1.91 bits per heavy atom. The molecule has 0 radical (unpaired) electrons. The minimum Gasteiger partial charge on any atom is -0.327 e. The Hall–Kier alpha value is -3.66. The molecule has 9 nitrogen and oxygen atoms in total. The highest BCUT2D eigenvalue weighted by Gasteiger charge is 2.35. The van der Waals surface area contributed by atoms with Gasteiger partial charge < -0.3 is 4.90 Å². The number of nitro groups is 1. The minimum absolute atomic E-state index is 0.117. The van der Waals surface area contributed by atoms with Crippen LogP contribution in [0.15, 0.2) is 42.5 Å². The van der Waals surface area contributed by atoms with Crippen LogP contribution in [0.4, 0.5) is 10.8 Å². The summed E-state index contributed by atoms with van der Waals surface area (Å²) in [4.78, 5) is 38.1. The second kappa shape index (κ2) is 8.83. The molecule has 1 aliphatic heterocycles. The number of nitro benzene ring substituents is 1. The van der Waals surface area contributed by atoms with Gasteiger partial charge in [0, 0.05) is 29.3 Å². The van der Waals surface area contributed by atoms with E-state index in [0.717, 1.165) is 11.1 Å². The number of hydrogen-bond donors (Lipinski definition) is 1. The summed E-state index contributed by atoms with van der Waals surface area (Å²) in [6.07, 6.45) is 1.18. The van der Waals surface area contributed by atoms with Crippen LogP contribution in [-0.2, 0) is 4.79 Å². The number of anilines is 1. The van der Waals surface area contributed by atoms with Gasteiger partial charge in [-0.1, -0.05) is 47.2 Å². The number of amides is 2. The molecule has 2 aromatic carbocycles. The van der Waals surface area contributed by atoms with Crippen LogP contribution < -0.4 is 5.32 Å². The van der Waals surface area contributed by atoms with Crippen molar-refractivity contribution < 1.29 is 14.5 Å². The van der Waals surface area contributed by atoms with E-state index < -0.39 is 16.9 Å². The summed E-state index contributed by atoms with van der Waals surface area (Å²) in [6, 6.07) is 11.5. The number of rotatable bonds is 5. The van der Waals surface area contributed by atoms with E-state index in [1.54, 1.807) is 19.1 Å². The molecule has 1 aliphatic rings. The Morgan fingerprint density at radius 1 is 1.16 bits per heavy atom. The van der Waals surface area contributed by atoms with E-state index >= 15 is 0 Å². The van der Waals surface area contributed by atoms with Gasteiger partial charge in [-0.05, 0) is 32.8 Å². The zero-order chi connectivity index (χ0) is 22.8. The average Bonchev–Trinajstić information content (AvgIpc) is 3.44. The molecular weight excluding hydrogens is 430 g/mol. The molecule has 10 heteroatoms. The van der Waals surface area contributed by atoms with Gasteiger partial charge in [-0.3, -0.25) is 25.0 Å². The maximum absolute atomic E-state index is 13.0. The Kier molecular flexibility index (Phi) is 5.95. The Labute approximate surface area is 188 Å². The third kappa shape index (κ3) is 4.35. The SMILES string of the molecule is Cc1ccc(-c2nnc(NC(=O)C3CCCN3C(=O)c3ccc(C)c([N+](=O)[O-])c3)s2)cc1. The van der Waals surface area contributed by atoms with E-state index in [4.69, 9.17) is 0 Å². The molecular formula is C22H21N5O4S. The first-order valence-corrected chi connectivity index (χ1v) is 10.9. The third-order valence-electron chi connectivity index (χ3n) is 5.42. The van der Waals surface area contributed by atoms with Gasteiger partial charge >= 0.3 is 0 Å². The summed E-state index contributed by atoms with van der Waals surface area (Å²) in [5.41, 5.74) is 2.60. The highest BCUT2D eigenvalue weighted by Crippen LogP contribution is 2.28. The molecule has 0 bridgehead atoms. The van der Waals surface area contributed by atoms with E-state index in [9.17, 15) is 19.7 Å². The zero-order valence-electron chi connectivity index (χ0n) is 17.6. The van der Waals surface area contributed by atoms with Crippen molar-refractivity contribution in [2.24, 2.45) is 0 Å². The summed E-state index contributed by atoms with van der Waals surface area (Å²) in [7, 11) is 0. The van der Waals surface area contributed by atoms with E-state index in [1.807, 2.05) is 31.2 Å². The second-order valence-corrected chi connectivity index (χ2v) is 8.66. The first kappa shape index (κ1) is 21.6. The van der Waals surface area contributed by atoms with Crippen molar-refractivity contribution in [3.63, 3.8) is 0 Å².